The highest BCUT2D eigenvalue weighted by Gasteiger charge is 2.01. The molecule has 3 heteroatoms. The van der Waals surface area contributed by atoms with Gasteiger partial charge in [0.05, 0.1) is 13.7 Å². The van der Waals surface area contributed by atoms with Gasteiger partial charge >= 0.3 is 0 Å². The van der Waals surface area contributed by atoms with Crippen LogP contribution in [0.15, 0.2) is 24.3 Å². The molecule has 0 bridgehead atoms. The quantitative estimate of drug-likeness (QED) is 0.670. The maximum absolute atomic E-state index is 5.69. The normalized spacial score (nSPS) is 10.2. The highest BCUT2D eigenvalue weighted by molar-refractivity contribution is 5.39. The molecule has 1 N–H and O–H groups in total. The van der Waals surface area contributed by atoms with Gasteiger partial charge in [-0.1, -0.05) is 25.0 Å². The number of nitrogens with one attached hydrogen (secondary N) is 1. The van der Waals surface area contributed by atoms with E-state index in [1.165, 1.54) is 19.3 Å². The first-order valence-electron chi connectivity index (χ1n) is 6.29. The van der Waals surface area contributed by atoms with Gasteiger partial charge in [0.1, 0.15) is 0 Å². The zero-order chi connectivity index (χ0) is 12.3. The molecule has 1 aromatic rings. The summed E-state index contributed by atoms with van der Waals surface area (Å²) in [6.45, 7) is 1.87. The number of methoxy groups -OCH3 is 1. The summed E-state index contributed by atoms with van der Waals surface area (Å²) in [5.74, 6) is 1.65. The zero-order valence-corrected chi connectivity index (χ0v) is 10.9. The van der Waals surface area contributed by atoms with Crippen molar-refractivity contribution in [2.24, 2.45) is 0 Å². The number of hydrogen-bond donors (Lipinski definition) is 1. The van der Waals surface area contributed by atoms with E-state index in [9.17, 15) is 0 Å². The molecule has 1 aromatic carbocycles. The highest BCUT2D eigenvalue weighted by atomic mass is 16.5. The molecule has 0 unspecified atom stereocenters. The Labute approximate surface area is 104 Å². The van der Waals surface area contributed by atoms with Crippen molar-refractivity contribution in [2.45, 2.75) is 25.7 Å². The monoisotopic (exact) mass is 237 g/mol. The molecule has 96 valence electrons. The molecule has 0 aliphatic carbocycles. The number of unbranched alkanes of at least 4 members (excludes halogenated alkanes) is 3. The van der Waals surface area contributed by atoms with E-state index in [0.29, 0.717) is 0 Å². The molecule has 0 fully saturated rings. The molecule has 3 nitrogen and oxygen atoms in total. The van der Waals surface area contributed by atoms with Crippen molar-refractivity contribution in [3.8, 4) is 11.5 Å². The number of hydrogen-bond acceptors (Lipinski definition) is 3. The first kappa shape index (κ1) is 13.8. The van der Waals surface area contributed by atoms with Crippen LogP contribution in [0.25, 0.3) is 0 Å². The SMILES string of the molecule is CNCCCCCCOc1ccccc1OC. The molecule has 17 heavy (non-hydrogen) atoms. The molecule has 0 heterocycles. The number of rotatable bonds is 9. The molecule has 0 spiro atoms. The minimum atomic E-state index is 0.764. The Morgan fingerprint density at radius 3 is 2.41 bits per heavy atom. The minimum absolute atomic E-state index is 0.764. The van der Waals surface area contributed by atoms with Gasteiger partial charge in [0, 0.05) is 0 Å². The molecule has 0 aliphatic heterocycles. The van der Waals surface area contributed by atoms with E-state index in [1.54, 1.807) is 7.11 Å². The standard InChI is InChI=1S/C14H23NO2/c1-15-11-7-3-4-8-12-17-14-10-6-5-9-13(14)16-2/h5-6,9-10,15H,3-4,7-8,11-12H2,1-2H3. The van der Waals surface area contributed by atoms with Crippen molar-refractivity contribution in [1.29, 1.82) is 0 Å². The molecule has 1 rings (SSSR count). The summed E-state index contributed by atoms with van der Waals surface area (Å²) in [4.78, 5) is 0. The van der Waals surface area contributed by atoms with Crippen LogP contribution in [0.1, 0.15) is 25.7 Å². The Morgan fingerprint density at radius 2 is 1.71 bits per heavy atom. The fourth-order valence-corrected chi connectivity index (χ4v) is 1.68. The second-order valence-electron chi connectivity index (χ2n) is 4.02. The molecule has 0 saturated heterocycles. The van der Waals surface area contributed by atoms with Crippen LogP contribution < -0.4 is 14.8 Å². The number of ether oxygens (including phenoxy) is 2. The van der Waals surface area contributed by atoms with E-state index in [-0.39, 0.29) is 0 Å². The van der Waals surface area contributed by atoms with E-state index < -0.39 is 0 Å². The van der Waals surface area contributed by atoms with Crippen LogP contribution in [0, 0.1) is 0 Å². The third-order valence-electron chi connectivity index (χ3n) is 2.65. The molecule has 0 amide bonds. The average molecular weight is 237 g/mol. The van der Waals surface area contributed by atoms with Gasteiger partial charge in [-0.2, -0.15) is 0 Å². The Morgan fingerprint density at radius 1 is 1.00 bits per heavy atom. The predicted molar refractivity (Wildman–Crippen MR) is 70.9 cm³/mol. The van der Waals surface area contributed by atoms with Crippen LogP contribution in [-0.2, 0) is 0 Å². The lowest BCUT2D eigenvalue weighted by atomic mass is 10.2. The van der Waals surface area contributed by atoms with Crippen LogP contribution >= 0.6 is 0 Å². The van der Waals surface area contributed by atoms with Crippen LogP contribution in [0.3, 0.4) is 0 Å². The van der Waals surface area contributed by atoms with Crippen molar-refractivity contribution in [3.63, 3.8) is 0 Å². The Balaban J connectivity index is 2.13. The van der Waals surface area contributed by atoms with Crippen molar-refractivity contribution >= 4 is 0 Å². The maximum Gasteiger partial charge on any atom is 0.161 e. The zero-order valence-electron chi connectivity index (χ0n) is 10.9. The van der Waals surface area contributed by atoms with Gasteiger partial charge in [0.2, 0.25) is 0 Å². The molecule has 0 aliphatic rings. The fourth-order valence-electron chi connectivity index (χ4n) is 1.68. The summed E-state index contributed by atoms with van der Waals surface area (Å²) in [5, 5.41) is 3.15. The van der Waals surface area contributed by atoms with Gasteiger partial charge < -0.3 is 14.8 Å². The van der Waals surface area contributed by atoms with E-state index in [0.717, 1.165) is 31.1 Å². The molecule has 0 atom stereocenters. The summed E-state index contributed by atoms with van der Waals surface area (Å²) >= 11 is 0. The smallest absolute Gasteiger partial charge is 0.161 e. The summed E-state index contributed by atoms with van der Waals surface area (Å²) in [7, 11) is 3.66. The first-order chi connectivity index (χ1) is 8.38. The molecular weight excluding hydrogens is 214 g/mol. The van der Waals surface area contributed by atoms with Gasteiger partial charge in [-0.05, 0) is 38.6 Å². The molecule has 0 radical (unpaired) electrons. The van der Waals surface area contributed by atoms with E-state index in [1.807, 2.05) is 31.3 Å². The van der Waals surface area contributed by atoms with Gasteiger partial charge in [-0.15, -0.1) is 0 Å². The van der Waals surface area contributed by atoms with Crippen molar-refractivity contribution < 1.29 is 9.47 Å². The van der Waals surface area contributed by atoms with Crippen molar-refractivity contribution in [3.05, 3.63) is 24.3 Å². The van der Waals surface area contributed by atoms with Crippen LogP contribution in [0.4, 0.5) is 0 Å². The highest BCUT2D eigenvalue weighted by Crippen LogP contribution is 2.25. The summed E-state index contributed by atoms with van der Waals surface area (Å²) in [6, 6.07) is 7.77. The first-order valence-corrected chi connectivity index (χ1v) is 6.29. The molecule has 0 saturated carbocycles. The second-order valence-corrected chi connectivity index (χ2v) is 4.02. The predicted octanol–water partition coefficient (Wildman–Crippen LogP) is 2.85. The second kappa shape index (κ2) is 8.88. The Kier molecular flexibility index (Phi) is 7.23. The van der Waals surface area contributed by atoms with Gasteiger partial charge in [0.25, 0.3) is 0 Å². The lowest BCUT2D eigenvalue weighted by Gasteiger charge is -2.09. The lowest BCUT2D eigenvalue weighted by molar-refractivity contribution is 0.285. The summed E-state index contributed by atoms with van der Waals surface area (Å²) in [6.07, 6.45) is 4.82. The minimum Gasteiger partial charge on any atom is -0.493 e. The number of para-hydroxylation sites is 2. The van der Waals surface area contributed by atoms with E-state index >= 15 is 0 Å². The molecular formula is C14H23NO2. The van der Waals surface area contributed by atoms with Crippen molar-refractivity contribution in [2.75, 3.05) is 27.3 Å². The Bertz CT molecular complexity index is 302. The maximum atomic E-state index is 5.69. The largest absolute Gasteiger partial charge is 0.493 e. The lowest BCUT2D eigenvalue weighted by Crippen LogP contribution is -2.07. The van der Waals surface area contributed by atoms with E-state index in [2.05, 4.69) is 5.32 Å². The van der Waals surface area contributed by atoms with Crippen LogP contribution in [0.2, 0.25) is 0 Å². The number of benzene rings is 1. The topological polar surface area (TPSA) is 30.5 Å². The van der Waals surface area contributed by atoms with Gasteiger partial charge in [0.15, 0.2) is 11.5 Å². The third-order valence-corrected chi connectivity index (χ3v) is 2.65. The Hall–Kier alpha value is -1.22. The fraction of sp³-hybridized carbons (Fsp3) is 0.571. The summed E-state index contributed by atoms with van der Waals surface area (Å²) in [5.41, 5.74) is 0. The van der Waals surface area contributed by atoms with Gasteiger partial charge in [-0.3, -0.25) is 0 Å². The van der Waals surface area contributed by atoms with Crippen LogP contribution in [0.5, 0.6) is 11.5 Å². The van der Waals surface area contributed by atoms with Crippen LogP contribution in [-0.4, -0.2) is 27.3 Å². The van der Waals surface area contributed by atoms with Gasteiger partial charge in [-0.25, -0.2) is 0 Å². The van der Waals surface area contributed by atoms with E-state index in [4.69, 9.17) is 9.47 Å². The molecule has 0 aromatic heterocycles. The third kappa shape index (κ3) is 5.59. The average Bonchev–Trinajstić information content (AvgIpc) is 2.38. The van der Waals surface area contributed by atoms with Crippen molar-refractivity contribution in [1.82, 2.24) is 5.32 Å². The summed E-state index contributed by atoms with van der Waals surface area (Å²) < 4.78 is 10.9.